The SMILES string of the molecule is COc1cc(C2CC(=O)N(c3cccc(Cl)c3)C3=C2C(=O)OC3)ccc1OCc1ccccc1F. The first-order valence-electron chi connectivity index (χ1n) is 11.0. The number of ether oxygens (including phenoxy) is 3. The highest BCUT2D eigenvalue weighted by Crippen LogP contribution is 2.44. The van der Waals surface area contributed by atoms with Crippen molar-refractivity contribution in [3.8, 4) is 11.5 Å². The van der Waals surface area contributed by atoms with Crippen LogP contribution in [-0.2, 0) is 20.9 Å². The topological polar surface area (TPSA) is 65.1 Å². The van der Waals surface area contributed by atoms with Gasteiger partial charge in [0.15, 0.2) is 11.5 Å². The zero-order valence-corrected chi connectivity index (χ0v) is 19.5. The highest BCUT2D eigenvalue weighted by Gasteiger charge is 2.43. The summed E-state index contributed by atoms with van der Waals surface area (Å²) in [5.74, 6) is -0.649. The van der Waals surface area contributed by atoms with Gasteiger partial charge in [0.1, 0.15) is 19.0 Å². The lowest BCUT2D eigenvalue weighted by atomic mass is 9.84. The van der Waals surface area contributed by atoms with Crippen LogP contribution in [0.25, 0.3) is 0 Å². The van der Waals surface area contributed by atoms with Crippen molar-refractivity contribution < 1.29 is 28.2 Å². The van der Waals surface area contributed by atoms with Crippen LogP contribution in [0.15, 0.2) is 78.0 Å². The maximum absolute atomic E-state index is 14.0. The minimum absolute atomic E-state index is 0.00386. The lowest BCUT2D eigenvalue weighted by Crippen LogP contribution is -2.37. The van der Waals surface area contributed by atoms with Crippen LogP contribution in [0.3, 0.4) is 0 Å². The van der Waals surface area contributed by atoms with Gasteiger partial charge in [-0.3, -0.25) is 9.69 Å². The first kappa shape index (κ1) is 22.9. The van der Waals surface area contributed by atoms with E-state index in [2.05, 4.69) is 0 Å². The van der Waals surface area contributed by atoms with Crippen molar-refractivity contribution in [2.45, 2.75) is 18.9 Å². The zero-order chi connectivity index (χ0) is 24.5. The van der Waals surface area contributed by atoms with Gasteiger partial charge in [-0.1, -0.05) is 41.9 Å². The Morgan fingerprint density at radius 2 is 1.89 bits per heavy atom. The van der Waals surface area contributed by atoms with Crippen LogP contribution in [0.4, 0.5) is 10.1 Å². The molecule has 0 radical (unpaired) electrons. The van der Waals surface area contributed by atoms with Crippen molar-refractivity contribution in [1.29, 1.82) is 0 Å². The molecule has 0 aromatic heterocycles. The van der Waals surface area contributed by atoms with Gasteiger partial charge in [0.05, 0.1) is 24.1 Å². The summed E-state index contributed by atoms with van der Waals surface area (Å²) in [6.45, 7) is 0.0321. The number of cyclic esters (lactones) is 1. The third-order valence-electron chi connectivity index (χ3n) is 6.11. The van der Waals surface area contributed by atoms with E-state index < -0.39 is 11.9 Å². The van der Waals surface area contributed by atoms with Crippen molar-refractivity contribution in [1.82, 2.24) is 0 Å². The Morgan fingerprint density at radius 1 is 1.06 bits per heavy atom. The van der Waals surface area contributed by atoms with Crippen LogP contribution in [0.2, 0.25) is 5.02 Å². The Balaban J connectivity index is 1.47. The number of benzene rings is 3. The summed E-state index contributed by atoms with van der Waals surface area (Å²) >= 11 is 6.13. The smallest absolute Gasteiger partial charge is 0.336 e. The Kier molecular flexibility index (Phi) is 6.17. The molecule has 0 saturated heterocycles. The maximum Gasteiger partial charge on any atom is 0.336 e. The Hall–Kier alpha value is -3.84. The van der Waals surface area contributed by atoms with Gasteiger partial charge in [0.2, 0.25) is 5.91 Å². The standard InChI is InChI=1S/C27H21ClFNO5/c1-33-24-11-16(9-10-23(24)34-14-17-5-2-3-8-21(17)29)20-13-25(31)30(19-7-4-6-18(28)12-19)22-15-35-27(32)26(20)22/h2-12,20H,13-15H2,1H3. The van der Waals surface area contributed by atoms with Gasteiger partial charge < -0.3 is 14.2 Å². The summed E-state index contributed by atoms with van der Waals surface area (Å²) in [4.78, 5) is 27.5. The highest BCUT2D eigenvalue weighted by atomic mass is 35.5. The van der Waals surface area contributed by atoms with E-state index in [1.54, 1.807) is 60.7 Å². The highest BCUT2D eigenvalue weighted by molar-refractivity contribution is 6.31. The van der Waals surface area contributed by atoms with Gasteiger partial charge in [-0.05, 0) is 42.0 Å². The molecule has 0 bridgehead atoms. The molecule has 2 aliphatic rings. The zero-order valence-electron chi connectivity index (χ0n) is 18.8. The predicted octanol–water partition coefficient (Wildman–Crippen LogP) is 5.40. The van der Waals surface area contributed by atoms with E-state index in [9.17, 15) is 14.0 Å². The van der Waals surface area contributed by atoms with E-state index in [4.69, 9.17) is 25.8 Å². The van der Waals surface area contributed by atoms with Crippen molar-refractivity contribution in [2.24, 2.45) is 0 Å². The molecule has 8 heteroatoms. The second-order valence-corrected chi connectivity index (χ2v) is 8.63. The molecule has 1 amide bonds. The van der Waals surface area contributed by atoms with Crippen molar-refractivity contribution in [3.63, 3.8) is 0 Å². The number of carbonyl (C=O) groups excluding carboxylic acids is 2. The number of hydrogen-bond acceptors (Lipinski definition) is 5. The van der Waals surface area contributed by atoms with E-state index in [0.717, 1.165) is 0 Å². The molecule has 0 saturated carbocycles. The van der Waals surface area contributed by atoms with Crippen LogP contribution in [0.5, 0.6) is 11.5 Å². The van der Waals surface area contributed by atoms with Gasteiger partial charge in [0.25, 0.3) is 0 Å². The molecule has 35 heavy (non-hydrogen) atoms. The maximum atomic E-state index is 14.0. The molecule has 2 heterocycles. The average molecular weight is 494 g/mol. The molecule has 5 rings (SSSR count). The van der Waals surface area contributed by atoms with Crippen LogP contribution >= 0.6 is 11.6 Å². The second kappa shape index (κ2) is 9.43. The molecule has 0 aliphatic carbocycles. The fraction of sp³-hybridized carbons (Fsp3) is 0.185. The summed E-state index contributed by atoms with van der Waals surface area (Å²) in [6.07, 6.45) is 0.0685. The number of carbonyl (C=O) groups is 2. The Labute approximate surface area is 206 Å². The molecule has 178 valence electrons. The van der Waals surface area contributed by atoms with Crippen LogP contribution < -0.4 is 14.4 Å². The van der Waals surface area contributed by atoms with Gasteiger partial charge in [0, 0.05) is 22.9 Å². The number of rotatable bonds is 6. The summed E-state index contributed by atoms with van der Waals surface area (Å²) in [5.41, 5.74) is 2.66. The lowest BCUT2D eigenvalue weighted by Gasteiger charge is -2.32. The third-order valence-corrected chi connectivity index (χ3v) is 6.35. The molecular weight excluding hydrogens is 473 g/mol. The lowest BCUT2D eigenvalue weighted by molar-refractivity contribution is -0.136. The third kappa shape index (κ3) is 4.35. The Bertz CT molecular complexity index is 1350. The fourth-order valence-corrected chi connectivity index (χ4v) is 4.63. The molecule has 1 unspecified atom stereocenters. The minimum atomic E-state index is -0.502. The van der Waals surface area contributed by atoms with Gasteiger partial charge in [-0.2, -0.15) is 0 Å². The number of methoxy groups -OCH3 is 1. The molecule has 6 nitrogen and oxygen atoms in total. The molecule has 0 N–H and O–H groups in total. The van der Waals surface area contributed by atoms with Crippen LogP contribution in [0, 0.1) is 5.82 Å². The van der Waals surface area contributed by atoms with Crippen molar-refractivity contribution in [3.05, 3.63) is 100.0 Å². The summed E-state index contributed by atoms with van der Waals surface area (Å²) in [5, 5.41) is 0.487. The number of esters is 1. The minimum Gasteiger partial charge on any atom is -0.493 e. The number of hydrogen-bond donors (Lipinski definition) is 0. The van der Waals surface area contributed by atoms with Crippen molar-refractivity contribution in [2.75, 3.05) is 18.6 Å². The van der Waals surface area contributed by atoms with Gasteiger partial charge >= 0.3 is 5.97 Å². The normalized spacial score (nSPS) is 17.3. The van der Waals surface area contributed by atoms with Crippen LogP contribution in [-0.4, -0.2) is 25.6 Å². The van der Waals surface area contributed by atoms with E-state index in [1.165, 1.54) is 18.1 Å². The summed E-state index contributed by atoms with van der Waals surface area (Å²) < 4.78 is 30.6. The number of anilines is 1. The second-order valence-electron chi connectivity index (χ2n) is 8.19. The summed E-state index contributed by atoms with van der Waals surface area (Å²) in [6, 6.07) is 18.5. The molecule has 1 atom stereocenters. The Morgan fingerprint density at radius 3 is 2.66 bits per heavy atom. The van der Waals surface area contributed by atoms with Gasteiger partial charge in [-0.15, -0.1) is 0 Å². The molecule has 2 aliphatic heterocycles. The molecule has 0 fully saturated rings. The fourth-order valence-electron chi connectivity index (χ4n) is 4.44. The largest absolute Gasteiger partial charge is 0.493 e. The van der Waals surface area contributed by atoms with E-state index >= 15 is 0 Å². The quantitative estimate of drug-likeness (QED) is 0.430. The molecule has 3 aromatic rings. The van der Waals surface area contributed by atoms with E-state index in [-0.39, 0.29) is 31.4 Å². The number of nitrogens with zero attached hydrogens (tertiary/aromatic N) is 1. The molecular formula is C27H21ClFNO5. The predicted molar refractivity (Wildman–Crippen MR) is 128 cm³/mol. The molecule has 3 aromatic carbocycles. The first-order valence-corrected chi connectivity index (χ1v) is 11.4. The number of amides is 1. The van der Waals surface area contributed by atoms with Gasteiger partial charge in [-0.25, -0.2) is 9.18 Å². The first-order chi connectivity index (χ1) is 17.0. The van der Waals surface area contributed by atoms with E-state index in [0.29, 0.717) is 44.6 Å². The summed E-state index contributed by atoms with van der Waals surface area (Å²) in [7, 11) is 1.50. The van der Waals surface area contributed by atoms with Crippen molar-refractivity contribution >= 4 is 29.2 Å². The monoisotopic (exact) mass is 493 g/mol. The molecule has 0 spiro atoms. The van der Waals surface area contributed by atoms with E-state index in [1.807, 2.05) is 0 Å². The number of halogens is 2. The van der Waals surface area contributed by atoms with Crippen LogP contribution in [0.1, 0.15) is 23.5 Å². The average Bonchev–Trinajstić information content (AvgIpc) is 3.24.